The van der Waals surface area contributed by atoms with Gasteiger partial charge < -0.3 is 10.6 Å². The maximum atomic E-state index is 13.2. The highest BCUT2D eigenvalue weighted by Crippen LogP contribution is 2.25. The van der Waals surface area contributed by atoms with Crippen LogP contribution in [0.5, 0.6) is 0 Å². The van der Waals surface area contributed by atoms with E-state index in [2.05, 4.69) is 10.6 Å². The molecule has 1 saturated heterocycles. The number of nitrogens with zero attached hydrogens (tertiary/aromatic N) is 2. The molecule has 2 N–H and O–H groups in total. The Morgan fingerprint density at radius 1 is 0.882 bits per heavy atom. The molecule has 0 bridgehead atoms. The number of carbonyl (C=O) groups excluding carboxylic acids is 2. The second kappa shape index (κ2) is 11.6. The van der Waals surface area contributed by atoms with Crippen LogP contribution in [0, 0.1) is 13.8 Å². The van der Waals surface area contributed by atoms with Gasteiger partial charge in [0.2, 0.25) is 21.8 Å². The molecular formula is C25H34N4O4S. The van der Waals surface area contributed by atoms with Crippen molar-refractivity contribution in [2.45, 2.75) is 44.4 Å². The Bertz CT molecular complexity index is 1130. The fraction of sp³-hybridized carbons (Fsp3) is 0.440. The Balaban J connectivity index is 1.59. The first-order valence-electron chi connectivity index (χ1n) is 11.6. The highest BCUT2D eigenvalue weighted by Gasteiger charge is 2.27. The van der Waals surface area contributed by atoms with Crippen molar-refractivity contribution in [3.05, 3.63) is 53.6 Å². The van der Waals surface area contributed by atoms with E-state index < -0.39 is 10.0 Å². The first-order chi connectivity index (χ1) is 16.1. The van der Waals surface area contributed by atoms with Crippen molar-refractivity contribution in [2.24, 2.45) is 0 Å². The maximum Gasteiger partial charge on any atom is 0.243 e. The first kappa shape index (κ1) is 25.9. The number of hydrogen-bond acceptors (Lipinski definition) is 5. The Morgan fingerprint density at radius 2 is 1.47 bits per heavy atom. The number of sulfonamides is 1. The summed E-state index contributed by atoms with van der Waals surface area (Å²) >= 11 is 0. The number of anilines is 2. The third kappa shape index (κ3) is 7.12. The van der Waals surface area contributed by atoms with Gasteiger partial charge in [-0.2, -0.15) is 4.31 Å². The Hall–Kier alpha value is -2.75. The summed E-state index contributed by atoms with van der Waals surface area (Å²) in [7, 11) is -1.95. The van der Waals surface area contributed by atoms with Crippen LogP contribution in [0.15, 0.2) is 47.4 Å². The molecule has 34 heavy (non-hydrogen) atoms. The van der Waals surface area contributed by atoms with Crippen LogP contribution < -0.4 is 10.6 Å². The van der Waals surface area contributed by atoms with Crippen molar-refractivity contribution in [3.63, 3.8) is 0 Å². The number of amides is 2. The Morgan fingerprint density at radius 3 is 2.06 bits per heavy atom. The number of likely N-dealkylation sites (N-methyl/N-ethyl adjacent to an activating group) is 1. The van der Waals surface area contributed by atoms with Crippen LogP contribution in [0.4, 0.5) is 11.4 Å². The van der Waals surface area contributed by atoms with Crippen LogP contribution in [0.1, 0.15) is 36.8 Å². The van der Waals surface area contributed by atoms with E-state index in [0.29, 0.717) is 30.0 Å². The van der Waals surface area contributed by atoms with Crippen molar-refractivity contribution in [1.82, 2.24) is 9.21 Å². The zero-order valence-electron chi connectivity index (χ0n) is 20.1. The normalized spacial score (nSPS) is 15.1. The predicted molar refractivity (Wildman–Crippen MR) is 134 cm³/mol. The van der Waals surface area contributed by atoms with Gasteiger partial charge in [0.05, 0.1) is 18.0 Å². The summed E-state index contributed by atoms with van der Waals surface area (Å²) in [4.78, 5) is 26.7. The van der Waals surface area contributed by atoms with Gasteiger partial charge in [0.1, 0.15) is 0 Å². The highest BCUT2D eigenvalue weighted by atomic mass is 32.2. The number of rotatable bonds is 8. The number of benzene rings is 2. The molecule has 2 amide bonds. The van der Waals surface area contributed by atoms with Gasteiger partial charge in [0.25, 0.3) is 0 Å². The average Bonchev–Trinajstić information content (AvgIpc) is 3.05. The SMILES string of the molecule is Cc1cccc(NC(=O)CN(C)CC(=O)Nc2ccc(C)c(S(=O)(=O)N3CCCCCC3)c2)c1. The van der Waals surface area contributed by atoms with Gasteiger partial charge in [0, 0.05) is 24.5 Å². The minimum absolute atomic E-state index is 0.0106. The maximum absolute atomic E-state index is 13.2. The average molecular weight is 487 g/mol. The Labute approximate surface area is 202 Å². The molecule has 0 spiro atoms. The summed E-state index contributed by atoms with van der Waals surface area (Å²) in [6.07, 6.45) is 3.80. The van der Waals surface area contributed by atoms with E-state index in [1.54, 1.807) is 35.3 Å². The zero-order chi connectivity index (χ0) is 24.7. The molecule has 0 radical (unpaired) electrons. The summed E-state index contributed by atoms with van der Waals surface area (Å²) in [6, 6.07) is 12.4. The molecule has 1 heterocycles. The molecule has 2 aromatic rings. The number of nitrogens with one attached hydrogen (secondary N) is 2. The van der Waals surface area contributed by atoms with Crippen LogP contribution in [-0.4, -0.2) is 62.7 Å². The van der Waals surface area contributed by atoms with Crippen molar-refractivity contribution in [2.75, 3.05) is 43.9 Å². The van der Waals surface area contributed by atoms with E-state index in [1.807, 2.05) is 31.2 Å². The van der Waals surface area contributed by atoms with E-state index in [-0.39, 0.29) is 29.8 Å². The Kier molecular flexibility index (Phi) is 8.82. The molecule has 2 aromatic carbocycles. The summed E-state index contributed by atoms with van der Waals surface area (Å²) in [6.45, 7) is 4.79. The lowest BCUT2D eigenvalue weighted by Crippen LogP contribution is -2.36. The van der Waals surface area contributed by atoms with Crippen molar-refractivity contribution in [1.29, 1.82) is 0 Å². The fourth-order valence-corrected chi connectivity index (χ4v) is 5.81. The minimum atomic E-state index is -3.63. The minimum Gasteiger partial charge on any atom is -0.325 e. The predicted octanol–water partition coefficient (Wildman–Crippen LogP) is 3.38. The van der Waals surface area contributed by atoms with Crippen LogP contribution in [0.2, 0.25) is 0 Å². The topological polar surface area (TPSA) is 98.8 Å². The van der Waals surface area contributed by atoms with E-state index in [1.165, 1.54) is 6.07 Å². The van der Waals surface area contributed by atoms with E-state index >= 15 is 0 Å². The van der Waals surface area contributed by atoms with Crippen LogP contribution in [0.25, 0.3) is 0 Å². The molecule has 0 saturated carbocycles. The third-order valence-electron chi connectivity index (χ3n) is 5.78. The van der Waals surface area contributed by atoms with Gasteiger partial charge in [-0.25, -0.2) is 8.42 Å². The monoisotopic (exact) mass is 486 g/mol. The lowest BCUT2D eigenvalue weighted by atomic mass is 10.2. The molecule has 1 fully saturated rings. The van der Waals surface area contributed by atoms with Gasteiger partial charge in [-0.3, -0.25) is 14.5 Å². The van der Waals surface area contributed by atoms with Crippen molar-refractivity contribution >= 4 is 33.2 Å². The molecule has 3 rings (SSSR count). The number of aryl methyl sites for hydroxylation is 2. The van der Waals surface area contributed by atoms with Gasteiger partial charge in [-0.1, -0.05) is 31.0 Å². The molecule has 9 heteroatoms. The van der Waals surface area contributed by atoms with E-state index in [9.17, 15) is 18.0 Å². The highest BCUT2D eigenvalue weighted by molar-refractivity contribution is 7.89. The molecule has 1 aliphatic heterocycles. The fourth-order valence-electron chi connectivity index (χ4n) is 4.05. The molecule has 0 atom stereocenters. The lowest BCUT2D eigenvalue weighted by molar-refractivity contribution is -0.119. The second-order valence-electron chi connectivity index (χ2n) is 8.94. The summed E-state index contributed by atoms with van der Waals surface area (Å²) in [5.41, 5.74) is 2.82. The molecule has 0 aromatic heterocycles. The summed E-state index contributed by atoms with van der Waals surface area (Å²) in [5, 5.41) is 5.58. The molecule has 0 aliphatic carbocycles. The van der Waals surface area contributed by atoms with Crippen molar-refractivity contribution < 1.29 is 18.0 Å². The largest absolute Gasteiger partial charge is 0.325 e. The standard InChI is InChI=1S/C25H34N4O4S/c1-19-9-8-10-21(15-19)26-24(30)17-28(3)18-25(31)27-22-12-11-20(2)23(16-22)34(32,33)29-13-6-4-5-7-14-29/h8-12,15-16H,4-7,13-14,17-18H2,1-3H3,(H,26,30)(H,27,31). The molecule has 8 nitrogen and oxygen atoms in total. The van der Waals surface area contributed by atoms with Crippen molar-refractivity contribution in [3.8, 4) is 0 Å². The second-order valence-corrected chi connectivity index (χ2v) is 10.8. The van der Waals surface area contributed by atoms with Gasteiger partial charge in [-0.05, 0) is 69.1 Å². The van der Waals surface area contributed by atoms with E-state index in [0.717, 1.165) is 31.2 Å². The van der Waals surface area contributed by atoms with Gasteiger partial charge >= 0.3 is 0 Å². The van der Waals surface area contributed by atoms with Crippen LogP contribution in [0.3, 0.4) is 0 Å². The number of carbonyl (C=O) groups is 2. The molecule has 1 aliphatic rings. The smallest absolute Gasteiger partial charge is 0.243 e. The summed E-state index contributed by atoms with van der Waals surface area (Å²) < 4.78 is 28.0. The van der Waals surface area contributed by atoms with Crippen LogP contribution in [-0.2, 0) is 19.6 Å². The van der Waals surface area contributed by atoms with Gasteiger partial charge in [-0.15, -0.1) is 0 Å². The lowest BCUT2D eigenvalue weighted by Gasteiger charge is -2.22. The molecular weight excluding hydrogens is 452 g/mol. The van der Waals surface area contributed by atoms with E-state index in [4.69, 9.17) is 0 Å². The summed E-state index contributed by atoms with van der Waals surface area (Å²) in [5.74, 6) is -0.546. The van der Waals surface area contributed by atoms with Crippen LogP contribution >= 0.6 is 0 Å². The first-order valence-corrected chi connectivity index (χ1v) is 13.0. The molecule has 184 valence electrons. The zero-order valence-corrected chi connectivity index (χ0v) is 21.0. The quantitative estimate of drug-likeness (QED) is 0.596. The molecule has 0 unspecified atom stereocenters. The van der Waals surface area contributed by atoms with Gasteiger partial charge in [0.15, 0.2) is 0 Å². The number of hydrogen-bond donors (Lipinski definition) is 2. The third-order valence-corrected chi connectivity index (χ3v) is 7.82.